The van der Waals surface area contributed by atoms with Crippen molar-refractivity contribution in [3.05, 3.63) is 173 Å². The first-order valence-electron chi connectivity index (χ1n) is 35.5. The fourth-order valence-electron chi connectivity index (χ4n) is 18.1. The van der Waals surface area contributed by atoms with E-state index in [1.807, 2.05) is 0 Å². The van der Waals surface area contributed by atoms with Crippen LogP contribution in [0, 0.1) is 0 Å². The second-order valence-corrected chi connectivity index (χ2v) is 27.8. The number of aryl methyl sites for hydroxylation is 4. The largest absolute Gasteiger partial charge is 0.355 e. The van der Waals surface area contributed by atoms with Crippen molar-refractivity contribution >= 4 is 88.7 Å². The van der Waals surface area contributed by atoms with Crippen molar-refractivity contribution in [3.8, 4) is 0 Å². The Kier molecular flexibility index (Phi) is 15.2. The van der Waals surface area contributed by atoms with Crippen LogP contribution in [0.25, 0.3) is 88.7 Å². The lowest BCUT2D eigenvalue weighted by Crippen LogP contribution is -2.28. The highest BCUT2D eigenvalue weighted by molar-refractivity contribution is 5.98. The number of aromatic amines is 4. The Morgan fingerprint density at radius 3 is 0.711 bits per heavy atom. The molecule has 17 rings (SSSR count). The molecule has 0 amide bonds. The van der Waals surface area contributed by atoms with Gasteiger partial charge in [-0.1, -0.05) is 93.2 Å². The van der Waals surface area contributed by atoms with Crippen LogP contribution in [-0.4, -0.2) is 39.9 Å². The van der Waals surface area contributed by atoms with Gasteiger partial charge in [-0.15, -0.1) is 0 Å². The van der Waals surface area contributed by atoms with Gasteiger partial charge in [0.05, 0.1) is 45.6 Å². The number of benzene rings is 1. The topological polar surface area (TPSA) is 115 Å². The maximum Gasteiger partial charge on any atom is 0.0693 e. The van der Waals surface area contributed by atoms with Crippen LogP contribution < -0.4 is 0 Å². The highest BCUT2D eigenvalue weighted by Gasteiger charge is 2.46. The second kappa shape index (κ2) is 23.3. The summed E-state index contributed by atoms with van der Waals surface area (Å²) in [7, 11) is 0. The van der Waals surface area contributed by atoms with Gasteiger partial charge in [0.15, 0.2) is 0 Å². The predicted octanol–water partition coefficient (Wildman–Crippen LogP) is 22.4. The number of allylic oxidation sites excluding steroid dienone is 8. The number of unbranched alkanes of at least 4 members (excludes halogenated alkanes) is 4. The summed E-state index contributed by atoms with van der Waals surface area (Å²) in [6.45, 7) is 27.8. The van der Waals surface area contributed by atoms with Crippen molar-refractivity contribution in [2.24, 2.45) is 0 Å². The molecule has 0 saturated carbocycles. The number of nitrogens with zero attached hydrogens (tertiary/aromatic N) is 4. The summed E-state index contributed by atoms with van der Waals surface area (Å²) in [5.41, 5.74) is 47.0. The fraction of sp³-hybridized carbons (Fsp3) is 0.439. The number of nitrogens with one attached hydrogen (secondary N) is 4. The predicted molar refractivity (Wildman–Crippen MR) is 380 cm³/mol. The molecule has 6 aliphatic carbocycles. The van der Waals surface area contributed by atoms with Crippen molar-refractivity contribution in [1.29, 1.82) is 0 Å². The van der Waals surface area contributed by atoms with Gasteiger partial charge >= 0.3 is 0 Å². The molecule has 0 unspecified atom stereocenters. The van der Waals surface area contributed by atoms with Gasteiger partial charge in [0.1, 0.15) is 0 Å². The molecule has 8 heteroatoms. The van der Waals surface area contributed by atoms with Crippen LogP contribution in [0.5, 0.6) is 0 Å². The van der Waals surface area contributed by atoms with E-state index in [1.54, 1.807) is 22.3 Å². The molecule has 7 aromatic rings. The number of hydrogen-bond acceptors (Lipinski definition) is 4. The second-order valence-electron chi connectivity index (χ2n) is 27.8. The number of fused-ring (bicyclic) bond motifs is 18. The minimum Gasteiger partial charge on any atom is -0.355 e. The Balaban J connectivity index is 0.958. The first kappa shape index (κ1) is 58.8. The normalized spacial score (nSPS) is 18.8. The van der Waals surface area contributed by atoms with E-state index in [2.05, 4.69) is 164 Å². The van der Waals surface area contributed by atoms with Crippen LogP contribution in [0.2, 0.25) is 0 Å². The van der Waals surface area contributed by atoms with Crippen LogP contribution in [0.3, 0.4) is 0 Å². The van der Waals surface area contributed by atoms with E-state index in [4.69, 9.17) is 19.9 Å². The zero-order chi connectivity index (χ0) is 62.0. The smallest absolute Gasteiger partial charge is 0.0693 e. The summed E-state index contributed by atoms with van der Waals surface area (Å²) in [6, 6.07) is 24.8. The molecule has 6 aromatic heterocycles. The van der Waals surface area contributed by atoms with Crippen LogP contribution in [0.15, 0.2) is 60.7 Å². The summed E-state index contributed by atoms with van der Waals surface area (Å²) in [5.74, 6) is 1.06. The van der Waals surface area contributed by atoms with E-state index >= 15 is 0 Å². The lowest BCUT2D eigenvalue weighted by molar-refractivity contribution is 0.504. The van der Waals surface area contributed by atoms with Gasteiger partial charge in [-0.25, -0.2) is 19.9 Å². The minimum atomic E-state index is 0.264. The molecule has 20 bridgehead atoms. The molecular formula is C82H94N8. The Labute approximate surface area is 533 Å². The fourth-order valence-corrected chi connectivity index (χ4v) is 18.1. The number of H-pyrrole nitrogens is 4. The minimum absolute atomic E-state index is 0.264. The Bertz CT molecular complexity index is 4090. The maximum atomic E-state index is 5.66. The molecule has 0 fully saturated rings. The van der Waals surface area contributed by atoms with Gasteiger partial charge in [-0.2, -0.15) is 0 Å². The molecule has 1 aromatic carbocycles. The molecule has 462 valence electrons. The molecule has 10 heterocycles. The van der Waals surface area contributed by atoms with E-state index in [0.717, 1.165) is 174 Å². The summed E-state index contributed by atoms with van der Waals surface area (Å²) < 4.78 is 0. The van der Waals surface area contributed by atoms with Gasteiger partial charge < -0.3 is 19.9 Å². The van der Waals surface area contributed by atoms with Crippen molar-refractivity contribution in [1.82, 2.24) is 39.9 Å². The first-order valence-corrected chi connectivity index (χ1v) is 35.5. The third-order valence-corrected chi connectivity index (χ3v) is 22.9. The van der Waals surface area contributed by atoms with Crippen molar-refractivity contribution in [3.63, 3.8) is 0 Å². The standard InChI is InChI=1S/C82H94N8/c1-13-21-25-51-43(9)63-35-75-79-55-29-30-56(80(79)76(89-75)36-64-44(10)52(26-22-14-2)72(84-64)40-68-48(18-6)47(17-5)67(87-68)39-71(51)83-63)60-34-62-58-32-31-57(61(62)33-59(55)60)81-77-37-65-45(11)53(27-23-15-3)73(85-65)41-69-49(19-7)50(20-8)70(88-69)42-74-54(28-24-16-4)46(12)66(86-74)38-78(90-77)82(58)81/h33-42,55-58,87-90H,13-32H2,1-12H3/t55-,56+,57+,58-. The van der Waals surface area contributed by atoms with Gasteiger partial charge in [-0.3, -0.25) is 0 Å². The SMILES string of the molecule is CCCCC1=C(C)c2cc3[nH]c(cc4nc(cc5[nH]c(cc1n2)c(CC)c5CC)C(CCCC)=C4C)c1c3[C@@H]2CC[C@H]1c1cc3c(cc12)[C@@H]1CC[C@H]3c2c1c1cc3nc(cc4[nH]c(cc5nc(cc2[nH]1)C(C)=C5CCCC)c(CC)c4CC)C(CCCC)=C3C. The first-order chi connectivity index (χ1) is 43.9. The van der Waals surface area contributed by atoms with Gasteiger partial charge in [-0.05, 0) is 290 Å². The van der Waals surface area contributed by atoms with Crippen molar-refractivity contribution in [2.75, 3.05) is 0 Å². The Hall–Kier alpha value is -7.58. The molecule has 0 radical (unpaired) electrons. The van der Waals surface area contributed by atoms with Crippen LogP contribution in [-0.2, 0) is 25.7 Å². The van der Waals surface area contributed by atoms with E-state index in [-0.39, 0.29) is 23.7 Å². The molecule has 90 heavy (non-hydrogen) atoms. The lowest BCUT2D eigenvalue weighted by atomic mass is 9.59. The molecule has 4 N–H and O–H groups in total. The molecule has 0 saturated heterocycles. The summed E-state index contributed by atoms with van der Waals surface area (Å²) >= 11 is 0. The Morgan fingerprint density at radius 2 is 0.500 bits per heavy atom. The van der Waals surface area contributed by atoms with Crippen LogP contribution in [0.4, 0.5) is 0 Å². The molecule has 4 atom stereocenters. The summed E-state index contributed by atoms with van der Waals surface area (Å²) in [5, 5.41) is 0. The van der Waals surface area contributed by atoms with Crippen LogP contribution in [0.1, 0.15) is 322 Å². The number of hydrogen-bond donors (Lipinski definition) is 4. The average Bonchev–Trinajstić information content (AvgIpc) is 1.47. The van der Waals surface area contributed by atoms with Crippen molar-refractivity contribution < 1.29 is 0 Å². The third-order valence-electron chi connectivity index (χ3n) is 22.9. The van der Waals surface area contributed by atoms with Crippen LogP contribution >= 0.6 is 0 Å². The molecule has 0 spiro atoms. The van der Waals surface area contributed by atoms with E-state index in [0.29, 0.717) is 0 Å². The van der Waals surface area contributed by atoms with Gasteiger partial charge in [0.25, 0.3) is 0 Å². The van der Waals surface area contributed by atoms with E-state index in [1.165, 1.54) is 133 Å². The van der Waals surface area contributed by atoms with E-state index < -0.39 is 0 Å². The maximum absolute atomic E-state index is 5.66. The number of aromatic nitrogens is 8. The Morgan fingerprint density at radius 1 is 0.289 bits per heavy atom. The van der Waals surface area contributed by atoms with Gasteiger partial charge in [0, 0.05) is 67.8 Å². The molecular weight excluding hydrogens is 1100 g/mol. The quantitative estimate of drug-likeness (QED) is 0.0772. The summed E-state index contributed by atoms with van der Waals surface area (Å²) in [4.78, 5) is 39.1. The van der Waals surface area contributed by atoms with Crippen molar-refractivity contribution in [2.45, 2.75) is 235 Å². The van der Waals surface area contributed by atoms with E-state index in [9.17, 15) is 0 Å². The number of rotatable bonds is 16. The summed E-state index contributed by atoms with van der Waals surface area (Å²) in [6.07, 6.45) is 21.6. The average molecular weight is 1190 g/mol. The molecule has 8 nitrogen and oxygen atoms in total. The van der Waals surface area contributed by atoms with Gasteiger partial charge in [0.2, 0.25) is 0 Å². The zero-order valence-corrected chi connectivity index (χ0v) is 56.0. The lowest BCUT2D eigenvalue weighted by Gasteiger charge is -2.44. The molecule has 4 aliphatic heterocycles. The highest BCUT2D eigenvalue weighted by atomic mass is 14.8. The zero-order valence-electron chi connectivity index (χ0n) is 56.0. The highest BCUT2D eigenvalue weighted by Crippen LogP contribution is 2.61. The molecule has 10 aliphatic rings. The third kappa shape index (κ3) is 9.23. The monoisotopic (exact) mass is 1190 g/mol.